The first-order valence-corrected chi connectivity index (χ1v) is 10.4. The Bertz CT molecular complexity index is 889. The molecule has 0 spiro atoms. The second kappa shape index (κ2) is 8.21. The third kappa shape index (κ3) is 4.74. The van der Waals surface area contributed by atoms with Crippen molar-refractivity contribution in [2.24, 2.45) is 0 Å². The monoisotopic (exact) mass is 388 g/mol. The van der Waals surface area contributed by atoms with Crippen LogP contribution in [0.1, 0.15) is 24.2 Å². The molecule has 0 amide bonds. The summed E-state index contributed by atoms with van der Waals surface area (Å²) >= 11 is 0. The third-order valence-corrected chi connectivity index (χ3v) is 6.23. The van der Waals surface area contributed by atoms with Gasteiger partial charge in [0.2, 0.25) is 10.0 Å². The van der Waals surface area contributed by atoms with Crippen molar-refractivity contribution in [3.63, 3.8) is 0 Å². The average molecular weight is 388 g/mol. The molecule has 0 saturated carbocycles. The van der Waals surface area contributed by atoms with Gasteiger partial charge in [-0.15, -0.1) is 0 Å². The van der Waals surface area contributed by atoms with Crippen molar-refractivity contribution in [1.82, 2.24) is 4.31 Å². The fraction of sp³-hybridized carbons (Fsp3) is 0.350. The summed E-state index contributed by atoms with van der Waals surface area (Å²) in [5.74, 6) is -0.167. The maximum absolute atomic E-state index is 13.0. The minimum absolute atomic E-state index is 0.0964. The van der Waals surface area contributed by atoms with Crippen LogP contribution in [0, 0.1) is 0 Å². The van der Waals surface area contributed by atoms with E-state index in [0.29, 0.717) is 18.7 Å². The highest BCUT2D eigenvalue weighted by molar-refractivity contribution is 7.89. The summed E-state index contributed by atoms with van der Waals surface area (Å²) in [6.07, 6.45) is -0.327. The van der Waals surface area contributed by atoms with E-state index in [4.69, 9.17) is 4.74 Å². The lowest BCUT2D eigenvalue weighted by atomic mass is 10.1. The van der Waals surface area contributed by atoms with E-state index in [-0.39, 0.29) is 29.4 Å². The molecule has 1 fully saturated rings. The van der Waals surface area contributed by atoms with Crippen LogP contribution in [0.3, 0.4) is 0 Å². The molecule has 0 bridgehead atoms. The number of para-hydroxylation sites is 1. The Hall–Kier alpha value is -2.22. The highest BCUT2D eigenvalue weighted by Crippen LogP contribution is 2.22. The number of nitrogens with one attached hydrogen (secondary N) is 1. The van der Waals surface area contributed by atoms with Crippen LogP contribution >= 0.6 is 0 Å². The highest BCUT2D eigenvalue weighted by Gasteiger charge is 2.32. The van der Waals surface area contributed by atoms with E-state index in [0.717, 1.165) is 5.69 Å². The van der Waals surface area contributed by atoms with Crippen LogP contribution in [-0.2, 0) is 14.8 Å². The molecule has 0 aliphatic carbocycles. The van der Waals surface area contributed by atoms with E-state index in [2.05, 4.69) is 5.32 Å². The zero-order valence-corrected chi connectivity index (χ0v) is 16.3. The number of carbonyl (C=O) groups is 1. The van der Waals surface area contributed by atoms with E-state index in [1.165, 1.54) is 16.4 Å². The molecule has 1 saturated heterocycles. The van der Waals surface area contributed by atoms with Crippen molar-refractivity contribution < 1.29 is 17.9 Å². The van der Waals surface area contributed by atoms with Crippen LogP contribution in [0.2, 0.25) is 0 Å². The SMILES string of the molecule is CC1CN(S(=O)(=O)c2cccc(C(=O)CNc3ccccc3)c2)CC(C)O1. The number of anilines is 1. The summed E-state index contributed by atoms with van der Waals surface area (Å²) in [5, 5.41) is 3.05. The number of hydrogen-bond donors (Lipinski definition) is 1. The second-order valence-corrected chi connectivity index (χ2v) is 8.69. The summed E-state index contributed by atoms with van der Waals surface area (Å²) in [7, 11) is -3.67. The van der Waals surface area contributed by atoms with E-state index >= 15 is 0 Å². The van der Waals surface area contributed by atoms with E-state index in [1.807, 2.05) is 44.2 Å². The molecule has 2 aromatic carbocycles. The molecule has 2 atom stereocenters. The quantitative estimate of drug-likeness (QED) is 0.770. The van der Waals surface area contributed by atoms with E-state index < -0.39 is 10.0 Å². The predicted molar refractivity (Wildman–Crippen MR) is 104 cm³/mol. The Kier molecular flexibility index (Phi) is 5.94. The minimum atomic E-state index is -3.67. The van der Waals surface area contributed by atoms with Crippen molar-refractivity contribution in [2.75, 3.05) is 25.0 Å². The number of morpholine rings is 1. The summed E-state index contributed by atoms with van der Waals surface area (Å²) in [5.41, 5.74) is 1.21. The maximum atomic E-state index is 13.0. The normalized spacial score (nSPS) is 21.0. The number of hydrogen-bond acceptors (Lipinski definition) is 5. The zero-order valence-electron chi connectivity index (χ0n) is 15.5. The topological polar surface area (TPSA) is 75.7 Å². The van der Waals surface area contributed by atoms with Gasteiger partial charge in [-0.1, -0.05) is 30.3 Å². The molecular weight excluding hydrogens is 364 g/mol. The lowest BCUT2D eigenvalue weighted by molar-refractivity contribution is -0.0440. The Balaban J connectivity index is 1.75. The molecular formula is C20H24N2O4S. The smallest absolute Gasteiger partial charge is 0.243 e. The molecule has 1 heterocycles. The number of ketones is 1. The number of rotatable bonds is 6. The summed E-state index contributed by atoms with van der Waals surface area (Å²) in [6, 6.07) is 15.6. The van der Waals surface area contributed by atoms with Gasteiger partial charge in [0.25, 0.3) is 0 Å². The lowest BCUT2D eigenvalue weighted by Gasteiger charge is -2.34. The maximum Gasteiger partial charge on any atom is 0.243 e. The molecule has 0 radical (unpaired) electrons. The van der Waals surface area contributed by atoms with Gasteiger partial charge in [0.1, 0.15) is 0 Å². The Morgan fingerprint density at radius 1 is 1.07 bits per heavy atom. The van der Waals surface area contributed by atoms with E-state index in [1.54, 1.807) is 12.1 Å². The molecule has 144 valence electrons. The fourth-order valence-electron chi connectivity index (χ4n) is 3.15. The molecule has 0 aromatic heterocycles. The molecule has 7 heteroatoms. The van der Waals surface area contributed by atoms with Crippen molar-refractivity contribution in [3.8, 4) is 0 Å². The van der Waals surface area contributed by atoms with Gasteiger partial charge in [-0.3, -0.25) is 4.79 Å². The van der Waals surface area contributed by atoms with Crippen molar-refractivity contribution >= 4 is 21.5 Å². The Morgan fingerprint density at radius 3 is 2.41 bits per heavy atom. The Labute approximate surface area is 160 Å². The average Bonchev–Trinajstić information content (AvgIpc) is 2.66. The number of carbonyl (C=O) groups excluding carboxylic acids is 1. The molecule has 27 heavy (non-hydrogen) atoms. The first kappa shape index (κ1) is 19.5. The van der Waals surface area contributed by atoms with Gasteiger partial charge in [0, 0.05) is 24.3 Å². The molecule has 3 rings (SSSR count). The van der Waals surface area contributed by atoms with Gasteiger partial charge in [0.05, 0.1) is 23.6 Å². The van der Waals surface area contributed by atoms with Gasteiger partial charge in [-0.05, 0) is 38.1 Å². The van der Waals surface area contributed by atoms with Gasteiger partial charge in [-0.2, -0.15) is 4.31 Å². The van der Waals surface area contributed by atoms with Crippen LogP contribution in [-0.4, -0.2) is 50.3 Å². The number of ether oxygens (including phenoxy) is 1. The number of Topliss-reactive ketones (excluding diaryl/α,β-unsaturated/α-hetero) is 1. The fourth-order valence-corrected chi connectivity index (χ4v) is 4.78. The third-order valence-electron chi connectivity index (χ3n) is 4.41. The van der Waals surface area contributed by atoms with Crippen LogP contribution in [0.4, 0.5) is 5.69 Å². The van der Waals surface area contributed by atoms with E-state index in [9.17, 15) is 13.2 Å². The van der Waals surface area contributed by atoms with Gasteiger partial charge in [0.15, 0.2) is 5.78 Å². The molecule has 1 N–H and O–H groups in total. The Morgan fingerprint density at radius 2 is 1.74 bits per heavy atom. The van der Waals surface area contributed by atoms with Crippen molar-refractivity contribution in [2.45, 2.75) is 31.0 Å². The molecule has 1 aliphatic heterocycles. The molecule has 2 unspecified atom stereocenters. The molecule has 1 aliphatic rings. The highest BCUT2D eigenvalue weighted by atomic mass is 32.2. The number of nitrogens with zero attached hydrogens (tertiary/aromatic N) is 1. The van der Waals surface area contributed by atoms with Crippen LogP contribution in [0.5, 0.6) is 0 Å². The standard InChI is InChI=1S/C20H24N2O4S/c1-15-13-22(14-16(2)26-15)27(24,25)19-10-6-7-17(11-19)20(23)12-21-18-8-4-3-5-9-18/h3-11,15-16,21H,12-14H2,1-2H3. The minimum Gasteiger partial charge on any atom is -0.378 e. The van der Waals surface area contributed by atoms with Crippen LogP contribution < -0.4 is 5.32 Å². The van der Waals surface area contributed by atoms with Gasteiger partial charge < -0.3 is 10.1 Å². The second-order valence-electron chi connectivity index (χ2n) is 6.75. The largest absolute Gasteiger partial charge is 0.378 e. The molecule has 2 aromatic rings. The van der Waals surface area contributed by atoms with Gasteiger partial charge in [-0.25, -0.2) is 8.42 Å². The summed E-state index contributed by atoms with van der Waals surface area (Å²) < 4.78 is 33.0. The molecule has 6 nitrogen and oxygen atoms in total. The lowest BCUT2D eigenvalue weighted by Crippen LogP contribution is -2.48. The summed E-state index contributed by atoms with van der Waals surface area (Å²) in [4.78, 5) is 12.6. The predicted octanol–water partition coefficient (Wildman–Crippen LogP) is 2.78. The van der Waals surface area contributed by atoms with Crippen LogP contribution in [0.25, 0.3) is 0 Å². The first-order chi connectivity index (χ1) is 12.9. The van der Waals surface area contributed by atoms with Crippen molar-refractivity contribution in [1.29, 1.82) is 0 Å². The summed E-state index contributed by atoms with van der Waals surface area (Å²) in [6.45, 7) is 4.42. The number of sulfonamides is 1. The van der Waals surface area contributed by atoms with Crippen LogP contribution in [0.15, 0.2) is 59.5 Å². The van der Waals surface area contributed by atoms with Gasteiger partial charge >= 0.3 is 0 Å². The van der Waals surface area contributed by atoms with Crippen molar-refractivity contribution in [3.05, 3.63) is 60.2 Å². The number of benzene rings is 2. The zero-order chi connectivity index (χ0) is 19.4. The first-order valence-electron chi connectivity index (χ1n) is 8.94.